The third kappa shape index (κ3) is 58.4. The van der Waals surface area contributed by atoms with Crippen LogP contribution in [0.15, 0.2) is 36.5 Å². The number of carbonyl (C=O) groups is 1. The van der Waals surface area contributed by atoms with Crippen molar-refractivity contribution in [2.75, 3.05) is 40.9 Å². The third-order valence-electron chi connectivity index (χ3n) is 14.8. The van der Waals surface area contributed by atoms with Gasteiger partial charge in [0.25, 0.3) is 7.82 Å². The van der Waals surface area contributed by atoms with Crippen molar-refractivity contribution < 1.29 is 32.9 Å². The molecule has 1 amide bonds. The lowest BCUT2D eigenvalue weighted by molar-refractivity contribution is -0.870. The van der Waals surface area contributed by atoms with Crippen molar-refractivity contribution >= 4 is 13.7 Å². The molecule has 0 fully saturated rings. The Bertz CT molecular complexity index is 1300. The molecule has 0 aromatic carbocycles. The number of allylic oxidation sites excluding steroid dienone is 5. The van der Waals surface area contributed by atoms with E-state index in [4.69, 9.17) is 9.05 Å². The average Bonchev–Trinajstić information content (AvgIpc) is 3.36. The number of nitrogens with zero attached hydrogens (tertiary/aromatic N) is 1. The van der Waals surface area contributed by atoms with Crippen LogP contribution in [-0.2, 0) is 18.4 Å². The summed E-state index contributed by atoms with van der Waals surface area (Å²) in [5.74, 6) is -0.195. The fourth-order valence-electron chi connectivity index (χ4n) is 9.78. The molecule has 0 bridgehead atoms. The lowest BCUT2D eigenvalue weighted by Gasteiger charge is -2.29. The van der Waals surface area contributed by atoms with Crippen LogP contribution in [0.3, 0.4) is 0 Å². The highest BCUT2D eigenvalue weighted by atomic mass is 31.2. The molecule has 0 aliphatic heterocycles. The van der Waals surface area contributed by atoms with Crippen LogP contribution in [0, 0.1) is 0 Å². The number of phosphoric ester groups is 1. The van der Waals surface area contributed by atoms with E-state index in [1.165, 1.54) is 257 Å². The molecule has 0 saturated carbocycles. The van der Waals surface area contributed by atoms with E-state index >= 15 is 0 Å². The van der Waals surface area contributed by atoms with Crippen molar-refractivity contribution in [3.63, 3.8) is 0 Å². The second-order valence-electron chi connectivity index (χ2n) is 23.5. The Morgan fingerprint density at radius 1 is 0.473 bits per heavy atom. The van der Waals surface area contributed by atoms with Crippen LogP contribution >= 0.6 is 7.82 Å². The van der Waals surface area contributed by atoms with Crippen LogP contribution in [0.4, 0.5) is 0 Å². The highest BCUT2D eigenvalue weighted by Gasteiger charge is 2.23. The number of rotatable bonds is 60. The summed E-state index contributed by atoms with van der Waals surface area (Å²) >= 11 is 0. The van der Waals surface area contributed by atoms with Gasteiger partial charge >= 0.3 is 0 Å². The Morgan fingerprint density at radius 2 is 0.784 bits per heavy atom. The number of carbonyl (C=O) groups excluding carboxylic acids is 1. The number of hydrogen-bond acceptors (Lipinski definition) is 6. The smallest absolute Gasteiger partial charge is 0.268 e. The van der Waals surface area contributed by atoms with E-state index in [9.17, 15) is 19.4 Å². The maximum atomic E-state index is 13.0. The Kier molecular flexibility index (Phi) is 55.5. The minimum absolute atomic E-state index is 0.000593. The Morgan fingerprint density at radius 3 is 1.12 bits per heavy atom. The van der Waals surface area contributed by atoms with Crippen LogP contribution in [0.5, 0.6) is 0 Å². The van der Waals surface area contributed by atoms with Gasteiger partial charge in [0, 0.05) is 6.42 Å². The average molecular weight is 1060 g/mol. The van der Waals surface area contributed by atoms with Gasteiger partial charge in [-0.25, -0.2) is 0 Å². The van der Waals surface area contributed by atoms with Gasteiger partial charge in [-0.2, -0.15) is 0 Å². The lowest BCUT2D eigenvalue weighted by atomic mass is 10.0. The molecule has 0 aromatic rings. The summed E-state index contributed by atoms with van der Waals surface area (Å²) in [5, 5.41) is 13.9. The summed E-state index contributed by atoms with van der Waals surface area (Å²) < 4.78 is 23.4. The summed E-state index contributed by atoms with van der Waals surface area (Å²) in [6.07, 6.45) is 73.8. The summed E-state index contributed by atoms with van der Waals surface area (Å²) in [4.78, 5) is 25.6. The predicted octanol–water partition coefficient (Wildman–Crippen LogP) is 19.5. The first-order valence-corrected chi connectivity index (χ1v) is 33.8. The molecular formula is C65H127N2O6P. The van der Waals surface area contributed by atoms with Crippen LogP contribution < -0.4 is 10.2 Å². The van der Waals surface area contributed by atoms with Gasteiger partial charge in [-0.05, 0) is 51.4 Å². The minimum atomic E-state index is -4.60. The predicted molar refractivity (Wildman–Crippen MR) is 321 cm³/mol. The molecule has 0 aliphatic rings. The van der Waals surface area contributed by atoms with Gasteiger partial charge in [0.05, 0.1) is 39.9 Å². The van der Waals surface area contributed by atoms with Crippen molar-refractivity contribution in [2.45, 2.75) is 334 Å². The van der Waals surface area contributed by atoms with Gasteiger partial charge in [0.15, 0.2) is 0 Å². The Balaban J connectivity index is 4.11. The zero-order valence-electron chi connectivity index (χ0n) is 50.1. The van der Waals surface area contributed by atoms with Crippen molar-refractivity contribution in [1.82, 2.24) is 5.32 Å². The molecule has 0 rings (SSSR count). The topological polar surface area (TPSA) is 108 Å². The number of phosphoric acid groups is 1. The molecule has 9 heteroatoms. The van der Waals surface area contributed by atoms with Gasteiger partial charge in [0.1, 0.15) is 13.2 Å². The standard InChI is InChI=1S/C65H127N2O6P/c1-6-8-10-12-14-16-18-20-22-24-26-28-30-31-32-33-34-35-37-38-40-42-44-46-48-50-52-54-56-58-64(68)63(62-73-74(70,71)72-61-60-67(3,4)5)66-65(69)59-57-55-53-51-49-47-45-43-41-39-36-29-27-25-23-21-19-17-15-13-11-9-7-2/h19,21,25,27,56,58,63-64,68H,6-18,20,22-24,26,28-55,57,59-62H2,1-5H3,(H-,66,69,70,71)/b21-19-,27-25-,58-56+. The normalized spacial score (nSPS) is 14.0. The van der Waals surface area contributed by atoms with E-state index in [0.29, 0.717) is 17.4 Å². The molecule has 8 nitrogen and oxygen atoms in total. The largest absolute Gasteiger partial charge is 0.756 e. The maximum Gasteiger partial charge on any atom is 0.268 e. The van der Waals surface area contributed by atoms with Crippen molar-refractivity contribution in [1.29, 1.82) is 0 Å². The quantitative estimate of drug-likeness (QED) is 0.0272. The van der Waals surface area contributed by atoms with Crippen molar-refractivity contribution in [3.8, 4) is 0 Å². The van der Waals surface area contributed by atoms with Gasteiger partial charge in [-0.3, -0.25) is 9.36 Å². The molecule has 0 radical (unpaired) electrons. The molecule has 0 heterocycles. The zero-order valence-corrected chi connectivity index (χ0v) is 51.0. The Hall–Kier alpha value is -1.28. The Labute approximate surface area is 461 Å². The molecule has 0 saturated heterocycles. The number of amides is 1. The SMILES string of the molecule is CCCCCCC/C=C\C/C=C\CCCCCCCCCCCCCC(=O)NC(COP(=O)([O-])OCC[N+](C)(C)C)C(O)/C=C/CCCCCCCCCCCCCCCCCCCCCCCCCCCCC. The molecule has 0 spiro atoms. The third-order valence-corrected chi connectivity index (χ3v) is 15.8. The van der Waals surface area contributed by atoms with Crippen molar-refractivity contribution in [2.24, 2.45) is 0 Å². The number of likely N-dealkylation sites (N-methyl/N-ethyl adjacent to an activating group) is 1. The molecular weight excluding hydrogens is 936 g/mol. The molecule has 0 aromatic heterocycles. The number of aliphatic hydroxyl groups is 1. The number of quaternary nitrogens is 1. The van der Waals surface area contributed by atoms with Crippen LogP contribution in [-0.4, -0.2) is 68.5 Å². The molecule has 2 N–H and O–H groups in total. The fraction of sp³-hybridized carbons (Fsp3) is 0.892. The van der Waals surface area contributed by atoms with E-state index in [1.807, 2.05) is 27.2 Å². The van der Waals surface area contributed by atoms with E-state index in [2.05, 4.69) is 43.5 Å². The number of nitrogens with one attached hydrogen (secondary N) is 1. The first kappa shape index (κ1) is 72.7. The second kappa shape index (κ2) is 56.4. The lowest BCUT2D eigenvalue weighted by Crippen LogP contribution is -2.45. The highest BCUT2D eigenvalue weighted by Crippen LogP contribution is 2.38. The minimum Gasteiger partial charge on any atom is -0.756 e. The van der Waals surface area contributed by atoms with Crippen LogP contribution in [0.1, 0.15) is 322 Å². The number of aliphatic hydroxyl groups excluding tert-OH is 1. The monoisotopic (exact) mass is 1060 g/mol. The molecule has 3 unspecified atom stereocenters. The zero-order chi connectivity index (χ0) is 54.2. The summed E-state index contributed by atoms with van der Waals surface area (Å²) in [6.45, 7) is 4.68. The van der Waals surface area contributed by atoms with E-state index in [1.54, 1.807) is 6.08 Å². The van der Waals surface area contributed by atoms with Gasteiger partial charge < -0.3 is 28.8 Å². The first-order chi connectivity index (χ1) is 36.0. The number of hydrogen-bond donors (Lipinski definition) is 2. The summed E-state index contributed by atoms with van der Waals surface area (Å²) in [7, 11) is 1.27. The fourth-order valence-corrected chi connectivity index (χ4v) is 10.5. The van der Waals surface area contributed by atoms with Crippen LogP contribution in [0.2, 0.25) is 0 Å². The molecule has 74 heavy (non-hydrogen) atoms. The molecule has 438 valence electrons. The summed E-state index contributed by atoms with van der Waals surface area (Å²) in [5.41, 5.74) is 0. The molecule has 0 aliphatic carbocycles. The van der Waals surface area contributed by atoms with Gasteiger partial charge in [-0.1, -0.05) is 301 Å². The van der Waals surface area contributed by atoms with E-state index < -0.39 is 20.0 Å². The van der Waals surface area contributed by atoms with Gasteiger partial charge in [0.2, 0.25) is 5.91 Å². The van der Waals surface area contributed by atoms with E-state index in [-0.39, 0.29) is 19.1 Å². The molecule has 3 atom stereocenters. The van der Waals surface area contributed by atoms with E-state index in [0.717, 1.165) is 44.9 Å². The van der Waals surface area contributed by atoms with Gasteiger partial charge in [-0.15, -0.1) is 0 Å². The highest BCUT2D eigenvalue weighted by molar-refractivity contribution is 7.45. The first-order valence-electron chi connectivity index (χ1n) is 32.4. The maximum absolute atomic E-state index is 13.0. The van der Waals surface area contributed by atoms with Crippen LogP contribution in [0.25, 0.3) is 0 Å². The second-order valence-corrected chi connectivity index (χ2v) is 24.9. The number of unbranched alkanes of at least 4 members (excludes halogenated alkanes) is 43. The summed E-state index contributed by atoms with van der Waals surface area (Å²) in [6, 6.07) is -0.889. The van der Waals surface area contributed by atoms with Crippen molar-refractivity contribution in [3.05, 3.63) is 36.5 Å².